The van der Waals surface area contributed by atoms with Gasteiger partial charge in [0.1, 0.15) is 0 Å². The maximum atomic E-state index is 11.2. The molecule has 0 radical (unpaired) electrons. The first kappa shape index (κ1) is 6.20. The summed E-state index contributed by atoms with van der Waals surface area (Å²) in [7, 11) is -2.77. The van der Waals surface area contributed by atoms with E-state index in [0.717, 1.165) is 0 Å². The van der Waals surface area contributed by atoms with E-state index in [1.54, 1.807) is 0 Å². The molecule has 3 aliphatic heterocycles. The van der Waals surface area contributed by atoms with Crippen LogP contribution in [0.4, 0.5) is 0 Å². The fourth-order valence-electron chi connectivity index (χ4n) is 2.27. The topological polar surface area (TPSA) is 43.4 Å². The molecule has 0 unspecified atom stereocenters. The molecule has 60 valence electrons. The predicted molar refractivity (Wildman–Crippen MR) is 38.9 cm³/mol. The van der Waals surface area contributed by atoms with Crippen molar-refractivity contribution < 1.29 is 13.2 Å². The average molecular weight is 172 g/mol. The highest BCUT2D eigenvalue weighted by molar-refractivity contribution is 7.93. The van der Waals surface area contributed by atoms with Gasteiger partial charge in [-0.3, -0.25) is 0 Å². The number of hydrogen-bond acceptors (Lipinski definition) is 3. The molecule has 0 spiro atoms. The van der Waals surface area contributed by atoms with E-state index < -0.39 is 9.84 Å². The molecule has 4 heteroatoms. The molecule has 0 aromatic rings. The molecule has 2 saturated heterocycles. The maximum absolute atomic E-state index is 11.2. The van der Waals surface area contributed by atoms with Crippen LogP contribution < -0.4 is 0 Å². The van der Waals surface area contributed by atoms with E-state index in [1.807, 2.05) is 12.2 Å². The number of fused-ring (bicyclic) bond motifs is 5. The SMILES string of the molecule is O=S1(=O)C[C@H]2[C@@H]1[C@@H]1C=C[C@@H]2O1. The molecule has 3 aliphatic rings. The first-order valence-corrected chi connectivity index (χ1v) is 5.45. The Morgan fingerprint density at radius 1 is 1.27 bits per heavy atom. The summed E-state index contributed by atoms with van der Waals surface area (Å²) in [6, 6.07) is 0. The Morgan fingerprint density at radius 3 is 2.55 bits per heavy atom. The molecule has 3 nitrogen and oxygen atoms in total. The van der Waals surface area contributed by atoms with Crippen molar-refractivity contribution in [3.8, 4) is 0 Å². The fourth-order valence-corrected chi connectivity index (χ4v) is 4.41. The van der Waals surface area contributed by atoms with Gasteiger partial charge in [-0.05, 0) is 0 Å². The summed E-state index contributed by atoms with van der Waals surface area (Å²) in [5.74, 6) is 0.610. The number of hydrogen-bond donors (Lipinski definition) is 0. The zero-order valence-corrected chi connectivity index (χ0v) is 6.62. The Morgan fingerprint density at radius 2 is 2.00 bits per heavy atom. The highest BCUT2D eigenvalue weighted by atomic mass is 32.2. The van der Waals surface area contributed by atoms with E-state index in [1.165, 1.54) is 0 Å². The lowest BCUT2D eigenvalue weighted by Crippen LogP contribution is -2.51. The third-order valence-electron chi connectivity index (χ3n) is 2.81. The van der Waals surface area contributed by atoms with E-state index in [0.29, 0.717) is 5.75 Å². The highest BCUT2D eigenvalue weighted by Gasteiger charge is 2.60. The Hall–Kier alpha value is -0.350. The zero-order valence-electron chi connectivity index (χ0n) is 5.80. The minimum absolute atomic E-state index is 0.105. The summed E-state index contributed by atoms with van der Waals surface area (Å²) in [5, 5.41) is -0.197. The predicted octanol–water partition coefficient (Wildman–Crippen LogP) is -0.263. The van der Waals surface area contributed by atoms with Crippen molar-refractivity contribution in [2.24, 2.45) is 5.92 Å². The van der Waals surface area contributed by atoms with E-state index >= 15 is 0 Å². The van der Waals surface area contributed by atoms with E-state index in [9.17, 15) is 8.42 Å². The van der Waals surface area contributed by atoms with E-state index in [2.05, 4.69) is 0 Å². The molecule has 0 amide bonds. The monoisotopic (exact) mass is 172 g/mol. The van der Waals surface area contributed by atoms with Crippen LogP contribution in [0.3, 0.4) is 0 Å². The molecular formula is C7H8O3S. The van der Waals surface area contributed by atoms with Gasteiger partial charge in [0.25, 0.3) is 0 Å². The second kappa shape index (κ2) is 1.54. The van der Waals surface area contributed by atoms with Gasteiger partial charge in [0.15, 0.2) is 9.84 Å². The highest BCUT2D eigenvalue weighted by Crippen LogP contribution is 2.46. The fraction of sp³-hybridized carbons (Fsp3) is 0.714. The van der Waals surface area contributed by atoms with Crippen molar-refractivity contribution in [3.63, 3.8) is 0 Å². The van der Waals surface area contributed by atoms with Crippen LogP contribution in [0.5, 0.6) is 0 Å². The minimum atomic E-state index is -2.77. The molecule has 2 fully saturated rings. The second-order valence-electron chi connectivity index (χ2n) is 3.41. The largest absolute Gasteiger partial charge is 0.365 e. The third kappa shape index (κ3) is 0.564. The minimum Gasteiger partial charge on any atom is -0.365 e. The van der Waals surface area contributed by atoms with Crippen molar-refractivity contribution >= 4 is 9.84 Å². The molecule has 11 heavy (non-hydrogen) atoms. The van der Waals surface area contributed by atoms with Crippen LogP contribution in [0, 0.1) is 5.92 Å². The van der Waals surface area contributed by atoms with Crippen LogP contribution in [0.1, 0.15) is 0 Å². The molecule has 0 saturated carbocycles. The lowest BCUT2D eigenvalue weighted by Gasteiger charge is -2.33. The Bertz CT molecular complexity index is 330. The summed E-state index contributed by atoms with van der Waals surface area (Å²) in [6.07, 6.45) is 3.85. The maximum Gasteiger partial charge on any atom is 0.156 e. The van der Waals surface area contributed by atoms with Gasteiger partial charge in [-0.2, -0.15) is 0 Å². The van der Waals surface area contributed by atoms with Crippen molar-refractivity contribution in [1.29, 1.82) is 0 Å². The van der Waals surface area contributed by atoms with Crippen molar-refractivity contribution in [1.82, 2.24) is 0 Å². The van der Waals surface area contributed by atoms with Gasteiger partial charge >= 0.3 is 0 Å². The average Bonchev–Trinajstić information content (AvgIpc) is 2.41. The van der Waals surface area contributed by atoms with Crippen LogP contribution in [0.15, 0.2) is 12.2 Å². The molecule has 0 aliphatic carbocycles. The van der Waals surface area contributed by atoms with Crippen LogP contribution in [-0.2, 0) is 14.6 Å². The molecule has 3 heterocycles. The van der Waals surface area contributed by atoms with Crippen LogP contribution in [-0.4, -0.2) is 31.6 Å². The number of sulfone groups is 1. The normalized spacial score (nSPS) is 55.6. The molecule has 4 atom stereocenters. The molecular weight excluding hydrogens is 164 g/mol. The lowest BCUT2D eigenvalue weighted by molar-refractivity contribution is 0.113. The third-order valence-corrected chi connectivity index (χ3v) is 5.11. The van der Waals surface area contributed by atoms with E-state index in [4.69, 9.17) is 4.74 Å². The van der Waals surface area contributed by atoms with Crippen molar-refractivity contribution in [2.75, 3.05) is 5.75 Å². The number of rotatable bonds is 0. The van der Waals surface area contributed by atoms with Gasteiger partial charge in [0.2, 0.25) is 0 Å². The summed E-state index contributed by atoms with van der Waals surface area (Å²) in [4.78, 5) is 0. The zero-order chi connectivity index (χ0) is 7.64. The van der Waals surface area contributed by atoms with Gasteiger partial charge < -0.3 is 4.74 Å². The molecule has 0 aromatic carbocycles. The number of ether oxygens (including phenoxy) is 1. The van der Waals surface area contributed by atoms with Crippen LogP contribution in [0.2, 0.25) is 0 Å². The van der Waals surface area contributed by atoms with Crippen molar-refractivity contribution in [3.05, 3.63) is 12.2 Å². The molecule has 0 aromatic heterocycles. The quantitative estimate of drug-likeness (QED) is 0.473. The summed E-state index contributed by atoms with van der Waals surface area (Å²) < 4.78 is 27.8. The first-order chi connectivity index (χ1) is 5.18. The van der Waals surface area contributed by atoms with E-state index in [-0.39, 0.29) is 23.4 Å². The molecule has 2 bridgehead atoms. The first-order valence-electron chi connectivity index (χ1n) is 3.74. The standard InChI is InChI=1S/C7H8O3S/c8-11(9)3-4-5-1-2-6(10-5)7(4)11/h1-2,4-7H,3H2/t4-,5+,6+,7-/m1/s1. The second-order valence-corrected chi connectivity index (χ2v) is 5.61. The van der Waals surface area contributed by atoms with Gasteiger partial charge in [-0.25, -0.2) is 8.42 Å². The van der Waals surface area contributed by atoms with Gasteiger partial charge in [0.05, 0.1) is 23.2 Å². The Labute approximate surface area is 65.0 Å². The summed E-state index contributed by atoms with van der Waals surface area (Å²) in [5.41, 5.74) is 0. The van der Waals surface area contributed by atoms with Crippen molar-refractivity contribution in [2.45, 2.75) is 17.5 Å². The Balaban J connectivity index is 2.09. The van der Waals surface area contributed by atoms with Crippen LogP contribution >= 0.6 is 0 Å². The summed E-state index contributed by atoms with van der Waals surface area (Å²) in [6.45, 7) is 0. The molecule has 3 rings (SSSR count). The van der Waals surface area contributed by atoms with Gasteiger partial charge in [-0.15, -0.1) is 0 Å². The van der Waals surface area contributed by atoms with Crippen LogP contribution in [0.25, 0.3) is 0 Å². The van der Waals surface area contributed by atoms with Gasteiger partial charge in [-0.1, -0.05) is 12.2 Å². The smallest absolute Gasteiger partial charge is 0.156 e. The van der Waals surface area contributed by atoms with Gasteiger partial charge in [0, 0.05) is 5.92 Å². The lowest BCUT2D eigenvalue weighted by atomic mass is 9.94. The Kier molecular flexibility index (Phi) is 0.868. The molecule has 0 N–H and O–H groups in total. The summed E-state index contributed by atoms with van der Waals surface area (Å²) >= 11 is 0.